The molecule has 2 N–H and O–H groups in total. The van der Waals surface area contributed by atoms with Gasteiger partial charge in [0, 0.05) is 26.1 Å². The SMILES string of the molecule is CC(O)CCN(C)C(=O)CCCNC(C)C. The summed E-state index contributed by atoms with van der Waals surface area (Å²) in [6.45, 7) is 7.44. The highest BCUT2D eigenvalue weighted by molar-refractivity contribution is 5.75. The number of nitrogens with one attached hydrogen (secondary N) is 1. The second-order valence-electron chi connectivity index (χ2n) is 4.67. The van der Waals surface area contributed by atoms with Gasteiger partial charge in [-0.2, -0.15) is 0 Å². The number of aliphatic hydroxyl groups excluding tert-OH is 1. The molecule has 16 heavy (non-hydrogen) atoms. The van der Waals surface area contributed by atoms with Crippen LogP contribution in [0.1, 0.15) is 40.0 Å². The Kier molecular flexibility index (Phi) is 8.21. The summed E-state index contributed by atoms with van der Waals surface area (Å²) in [6, 6.07) is 0.475. The number of hydrogen-bond acceptors (Lipinski definition) is 3. The lowest BCUT2D eigenvalue weighted by atomic mass is 10.2. The van der Waals surface area contributed by atoms with Crippen LogP contribution in [0.25, 0.3) is 0 Å². The van der Waals surface area contributed by atoms with Gasteiger partial charge >= 0.3 is 0 Å². The summed E-state index contributed by atoms with van der Waals surface area (Å²) in [4.78, 5) is 13.3. The summed E-state index contributed by atoms with van der Waals surface area (Å²) in [5.74, 6) is 0.159. The van der Waals surface area contributed by atoms with E-state index in [1.807, 2.05) is 0 Å². The minimum absolute atomic E-state index is 0.159. The lowest BCUT2D eigenvalue weighted by Gasteiger charge is -2.18. The Morgan fingerprint density at radius 3 is 2.50 bits per heavy atom. The molecular weight excluding hydrogens is 204 g/mol. The maximum absolute atomic E-state index is 11.6. The highest BCUT2D eigenvalue weighted by Gasteiger charge is 2.08. The zero-order valence-electron chi connectivity index (χ0n) is 11.0. The third-order valence-electron chi connectivity index (χ3n) is 2.43. The number of carbonyl (C=O) groups is 1. The van der Waals surface area contributed by atoms with Crippen LogP contribution in [-0.2, 0) is 4.79 Å². The highest BCUT2D eigenvalue weighted by Crippen LogP contribution is 1.98. The van der Waals surface area contributed by atoms with Crippen molar-refractivity contribution in [2.75, 3.05) is 20.1 Å². The summed E-state index contributed by atoms with van der Waals surface area (Å²) in [6.07, 6.45) is 1.76. The molecule has 1 atom stereocenters. The lowest BCUT2D eigenvalue weighted by molar-refractivity contribution is -0.130. The Balaban J connectivity index is 3.55. The van der Waals surface area contributed by atoms with Crippen molar-refractivity contribution in [3.05, 3.63) is 0 Å². The minimum atomic E-state index is -0.335. The first-order valence-corrected chi connectivity index (χ1v) is 6.09. The fourth-order valence-corrected chi connectivity index (χ4v) is 1.33. The fourth-order valence-electron chi connectivity index (χ4n) is 1.33. The van der Waals surface area contributed by atoms with Crippen LogP contribution in [0.2, 0.25) is 0 Å². The molecular formula is C12H26N2O2. The Labute approximate surface area is 99.0 Å². The van der Waals surface area contributed by atoms with Crippen LogP contribution in [0.3, 0.4) is 0 Å². The number of carbonyl (C=O) groups excluding carboxylic acids is 1. The molecule has 0 aliphatic rings. The molecule has 1 amide bonds. The molecule has 0 spiro atoms. The van der Waals surface area contributed by atoms with Gasteiger partial charge in [-0.15, -0.1) is 0 Å². The number of rotatable bonds is 8. The zero-order valence-corrected chi connectivity index (χ0v) is 11.0. The molecule has 1 unspecified atom stereocenters. The van der Waals surface area contributed by atoms with Crippen molar-refractivity contribution in [1.29, 1.82) is 0 Å². The summed E-state index contributed by atoms with van der Waals surface area (Å²) >= 11 is 0. The number of amides is 1. The van der Waals surface area contributed by atoms with Gasteiger partial charge in [-0.25, -0.2) is 0 Å². The first-order valence-electron chi connectivity index (χ1n) is 6.09. The van der Waals surface area contributed by atoms with E-state index >= 15 is 0 Å². The van der Waals surface area contributed by atoms with Crippen molar-refractivity contribution >= 4 is 5.91 Å². The van der Waals surface area contributed by atoms with Gasteiger partial charge in [-0.3, -0.25) is 4.79 Å². The van der Waals surface area contributed by atoms with E-state index in [1.165, 1.54) is 0 Å². The smallest absolute Gasteiger partial charge is 0.222 e. The standard InChI is InChI=1S/C12H26N2O2/c1-10(2)13-8-5-6-12(16)14(4)9-7-11(3)15/h10-11,13,15H,5-9H2,1-4H3. The summed E-state index contributed by atoms with van der Waals surface area (Å²) in [7, 11) is 1.79. The molecule has 4 heteroatoms. The van der Waals surface area contributed by atoms with E-state index in [1.54, 1.807) is 18.9 Å². The van der Waals surface area contributed by atoms with Gasteiger partial charge in [0.15, 0.2) is 0 Å². The maximum atomic E-state index is 11.6. The van der Waals surface area contributed by atoms with Gasteiger partial charge in [-0.1, -0.05) is 13.8 Å². The van der Waals surface area contributed by atoms with Crippen LogP contribution in [0.5, 0.6) is 0 Å². The van der Waals surface area contributed by atoms with Crippen LogP contribution in [0, 0.1) is 0 Å². The summed E-state index contributed by atoms with van der Waals surface area (Å²) in [5, 5.41) is 12.4. The number of hydrogen-bond donors (Lipinski definition) is 2. The van der Waals surface area contributed by atoms with Gasteiger partial charge in [0.1, 0.15) is 0 Å². The summed E-state index contributed by atoms with van der Waals surface area (Å²) in [5.41, 5.74) is 0. The van der Waals surface area contributed by atoms with Gasteiger partial charge < -0.3 is 15.3 Å². The minimum Gasteiger partial charge on any atom is -0.393 e. The Morgan fingerprint density at radius 2 is 2.00 bits per heavy atom. The molecule has 0 rings (SSSR count). The van der Waals surface area contributed by atoms with E-state index in [2.05, 4.69) is 19.2 Å². The molecule has 0 radical (unpaired) electrons. The predicted octanol–water partition coefficient (Wildman–Crippen LogP) is 0.994. The molecule has 0 aliphatic heterocycles. The van der Waals surface area contributed by atoms with Crippen LogP contribution >= 0.6 is 0 Å². The second kappa shape index (κ2) is 8.53. The largest absolute Gasteiger partial charge is 0.393 e. The Bertz CT molecular complexity index is 193. The fraction of sp³-hybridized carbons (Fsp3) is 0.917. The van der Waals surface area contributed by atoms with Crippen molar-refractivity contribution in [1.82, 2.24) is 10.2 Å². The molecule has 0 bridgehead atoms. The maximum Gasteiger partial charge on any atom is 0.222 e. The molecule has 0 aromatic heterocycles. The molecule has 0 aliphatic carbocycles. The van der Waals surface area contributed by atoms with Gasteiger partial charge in [0.05, 0.1) is 6.10 Å². The first-order chi connectivity index (χ1) is 7.43. The number of nitrogens with zero attached hydrogens (tertiary/aromatic N) is 1. The van der Waals surface area contributed by atoms with E-state index in [0.717, 1.165) is 13.0 Å². The van der Waals surface area contributed by atoms with E-state index in [9.17, 15) is 4.79 Å². The van der Waals surface area contributed by atoms with Crippen molar-refractivity contribution in [2.24, 2.45) is 0 Å². The second-order valence-corrected chi connectivity index (χ2v) is 4.67. The molecule has 0 saturated carbocycles. The predicted molar refractivity (Wildman–Crippen MR) is 66.3 cm³/mol. The molecule has 96 valence electrons. The van der Waals surface area contributed by atoms with Crippen LogP contribution in [0.4, 0.5) is 0 Å². The van der Waals surface area contributed by atoms with Gasteiger partial charge in [-0.05, 0) is 26.3 Å². The third-order valence-corrected chi connectivity index (χ3v) is 2.43. The van der Waals surface area contributed by atoms with Crippen molar-refractivity contribution in [3.8, 4) is 0 Å². The van der Waals surface area contributed by atoms with E-state index < -0.39 is 0 Å². The molecule has 4 nitrogen and oxygen atoms in total. The molecule has 0 aromatic carbocycles. The Morgan fingerprint density at radius 1 is 1.38 bits per heavy atom. The molecule has 0 heterocycles. The monoisotopic (exact) mass is 230 g/mol. The third kappa shape index (κ3) is 8.68. The number of aliphatic hydroxyl groups is 1. The topological polar surface area (TPSA) is 52.6 Å². The van der Waals surface area contributed by atoms with Crippen LogP contribution < -0.4 is 5.32 Å². The van der Waals surface area contributed by atoms with E-state index in [0.29, 0.717) is 25.4 Å². The van der Waals surface area contributed by atoms with Crippen molar-refractivity contribution in [2.45, 2.75) is 52.2 Å². The van der Waals surface area contributed by atoms with Gasteiger partial charge in [0.2, 0.25) is 5.91 Å². The highest BCUT2D eigenvalue weighted by atomic mass is 16.3. The Hall–Kier alpha value is -0.610. The average Bonchev–Trinajstić information content (AvgIpc) is 2.20. The zero-order chi connectivity index (χ0) is 12.6. The van der Waals surface area contributed by atoms with Crippen molar-refractivity contribution in [3.63, 3.8) is 0 Å². The quantitative estimate of drug-likeness (QED) is 0.612. The van der Waals surface area contributed by atoms with Crippen LogP contribution in [-0.4, -0.2) is 48.2 Å². The molecule has 0 fully saturated rings. The molecule has 0 saturated heterocycles. The first kappa shape index (κ1) is 15.4. The van der Waals surface area contributed by atoms with E-state index in [4.69, 9.17) is 5.11 Å². The lowest BCUT2D eigenvalue weighted by Crippen LogP contribution is -2.30. The van der Waals surface area contributed by atoms with E-state index in [-0.39, 0.29) is 12.0 Å². The van der Waals surface area contributed by atoms with Crippen LogP contribution in [0.15, 0.2) is 0 Å². The van der Waals surface area contributed by atoms with Crippen molar-refractivity contribution < 1.29 is 9.90 Å². The average molecular weight is 230 g/mol. The van der Waals surface area contributed by atoms with Gasteiger partial charge in [0.25, 0.3) is 0 Å². The normalized spacial score (nSPS) is 12.9. The molecule has 0 aromatic rings. The summed E-state index contributed by atoms with van der Waals surface area (Å²) < 4.78 is 0.